The minimum absolute atomic E-state index is 0.487. The Morgan fingerprint density at radius 3 is 2.52 bits per heavy atom. The van der Waals surface area contributed by atoms with Crippen LogP contribution in [0.3, 0.4) is 0 Å². The van der Waals surface area contributed by atoms with E-state index in [-0.39, 0.29) is 0 Å². The largest absolute Gasteiger partial charge is 0.444 e. The van der Waals surface area contributed by atoms with Gasteiger partial charge in [-0.1, -0.05) is 35.0 Å². The third-order valence-corrected chi connectivity index (χ3v) is 4.33. The number of aromatic nitrogens is 1. The second kappa shape index (κ2) is 7.76. The first-order valence-corrected chi connectivity index (χ1v) is 8.28. The molecule has 0 saturated heterocycles. The lowest BCUT2D eigenvalue weighted by atomic mass is 10.0. The number of aryl methyl sites for hydroxylation is 3. The van der Waals surface area contributed by atoms with Crippen molar-refractivity contribution < 1.29 is 4.42 Å². The van der Waals surface area contributed by atoms with E-state index in [1.165, 1.54) is 5.56 Å². The normalized spacial score (nSPS) is 12.6. The summed E-state index contributed by atoms with van der Waals surface area (Å²) in [7, 11) is 0. The lowest BCUT2D eigenvalue weighted by molar-refractivity contribution is 0.403. The maximum absolute atomic E-state index is 5.61. The molecule has 0 fully saturated rings. The van der Waals surface area contributed by atoms with E-state index >= 15 is 0 Å². The molecule has 1 aromatic carbocycles. The van der Waals surface area contributed by atoms with Gasteiger partial charge in [-0.25, -0.2) is 4.98 Å². The quantitative estimate of drug-likeness (QED) is 0.795. The van der Waals surface area contributed by atoms with Gasteiger partial charge in [-0.2, -0.15) is 0 Å². The Kier molecular flexibility index (Phi) is 6.00. The second-order valence-electron chi connectivity index (χ2n) is 5.40. The molecule has 2 rings (SSSR count). The van der Waals surface area contributed by atoms with E-state index in [0.717, 1.165) is 41.1 Å². The number of oxazole rings is 1. The fraction of sp³-hybridized carbons (Fsp3) is 0.471. The molecule has 3 nitrogen and oxygen atoms in total. The first-order valence-electron chi connectivity index (χ1n) is 7.49. The molecule has 1 heterocycles. The van der Waals surface area contributed by atoms with Crippen molar-refractivity contribution >= 4 is 15.9 Å². The highest BCUT2D eigenvalue weighted by atomic mass is 79.9. The maximum Gasteiger partial charge on any atom is 0.208 e. The predicted octanol–water partition coefficient (Wildman–Crippen LogP) is 4.55. The van der Waals surface area contributed by atoms with Crippen LogP contribution in [0.25, 0.3) is 0 Å². The molecule has 1 atom stereocenters. The van der Waals surface area contributed by atoms with Crippen LogP contribution in [-0.4, -0.2) is 11.0 Å². The number of nitrogens with zero attached hydrogens (tertiary/aromatic N) is 1. The fourth-order valence-corrected chi connectivity index (χ4v) is 2.55. The van der Waals surface area contributed by atoms with Crippen LogP contribution < -0.4 is 5.32 Å². The molecule has 0 aliphatic heterocycles. The molecular formula is C17H23BrN2O. The monoisotopic (exact) mass is 350 g/mol. The Morgan fingerprint density at radius 2 is 1.95 bits per heavy atom. The third kappa shape index (κ3) is 4.97. The van der Waals surface area contributed by atoms with Crippen molar-refractivity contribution in [1.29, 1.82) is 0 Å². The topological polar surface area (TPSA) is 38.1 Å². The first kappa shape index (κ1) is 16.2. The summed E-state index contributed by atoms with van der Waals surface area (Å²) in [5, 5.41) is 3.54. The zero-order valence-corrected chi connectivity index (χ0v) is 14.5. The number of nitrogens with one attached hydrogen (secondary N) is 1. The lowest BCUT2D eigenvalue weighted by Gasteiger charge is -2.15. The van der Waals surface area contributed by atoms with Crippen LogP contribution in [0, 0.1) is 13.8 Å². The summed E-state index contributed by atoms with van der Waals surface area (Å²) < 4.78 is 6.74. The van der Waals surface area contributed by atoms with Crippen LogP contribution in [-0.2, 0) is 13.0 Å². The molecule has 4 heteroatoms. The van der Waals surface area contributed by atoms with Gasteiger partial charge in [-0.05, 0) is 50.8 Å². The average molecular weight is 351 g/mol. The number of hydrogen-bond donors (Lipinski definition) is 1. The third-order valence-electron chi connectivity index (χ3n) is 3.80. The van der Waals surface area contributed by atoms with Gasteiger partial charge in [0, 0.05) is 10.5 Å². The summed E-state index contributed by atoms with van der Waals surface area (Å²) in [5.41, 5.74) is 2.36. The molecule has 1 aromatic heterocycles. The zero-order chi connectivity index (χ0) is 15.2. The van der Waals surface area contributed by atoms with Crippen molar-refractivity contribution in [2.75, 3.05) is 0 Å². The number of benzene rings is 1. The molecule has 0 aliphatic rings. The Labute approximate surface area is 135 Å². The molecule has 1 unspecified atom stereocenters. The van der Waals surface area contributed by atoms with Gasteiger partial charge in [0.05, 0.1) is 12.2 Å². The molecule has 0 bridgehead atoms. The molecule has 0 amide bonds. The van der Waals surface area contributed by atoms with Gasteiger partial charge >= 0.3 is 0 Å². The Bertz CT molecular complexity index is 543. The molecule has 114 valence electrons. The summed E-state index contributed by atoms with van der Waals surface area (Å²) in [6.45, 7) is 6.85. The molecular weight excluding hydrogens is 328 g/mol. The molecule has 0 spiro atoms. The number of rotatable bonds is 7. The van der Waals surface area contributed by atoms with Crippen LogP contribution in [0.4, 0.5) is 0 Å². The van der Waals surface area contributed by atoms with Crippen molar-refractivity contribution in [3.8, 4) is 0 Å². The summed E-state index contributed by atoms with van der Waals surface area (Å²) in [6.07, 6.45) is 3.31. The van der Waals surface area contributed by atoms with Crippen LogP contribution in [0.15, 0.2) is 33.2 Å². The minimum Gasteiger partial charge on any atom is -0.444 e. The van der Waals surface area contributed by atoms with Gasteiger partial charge in [-0.15, -0.1) is 0 Å². The van der Waals surface area contributed by atoms with Crippen molar-refractivity contribution in [1.82, 2.24) is 10.3 Å². The van der Waals surface area contributed by atoms with Crippen LogP contribution in [0.1, 0.15) is 42.7 Å². The van der Waals surface area contributed by atoms with Gasteiger partial charge < -0.3 is 9.73 Å². The van der Waals surface area contributed by atoms with Crippen LogP contribution >= 0.6 is 15.9 Å². The molecule has 0 radical (unpaired) electrons. The molecule has 2 aromatic rings. The maximum atomic E-state index is 5.61. The number of hydrogen-bond acceptors (Lipinski definition) is 3. The Balaban J connectivity index is 1.81. The molecule has 21 heavy (non-hydrogen) atoms. The Morgan fingerprint density at radius 1 is 1.24 bits per heavy atom. The van der Waals surface area contributed by atoms with Gasteiger partial charge in [0.15, 0.2) is 0 Å². The summed E-state index contributed by atoms with van der Waals surface area (Å²) in [4.78, 5) is 4.41. The van der Waals surface area contributed by atoms with Crippen LogP contribution in [0.5, 0.6) is 0 Å². The highest BCUT2D eigenvalue weighted by Crippen LogP contribution is 2.14. The first-order chi connectivity index (χ1) is 10.1. The van der Waals surface area contributed by atoms with Crippen molar-refractivity contribution in [3.05, 3.63) is 51.6 Å². The standard InChI is InChI=1S/C17H23BrN2O/c1-4-16(10-7-14-5-8-15(18)9-6-14)19-11-17-20-12(2)13(3)21-17/h5-6,8-9,16,19H,4,7,10-11H2,1-3H3. The predicted molar refractivity (Wildman–Crippen MR) is 89.4 cm³/mol. The van der Waals surface area contributed by atoms with Crippen molar-refractivity contribution in [2.24, 2.45) is 0 Å². The molecule has 0 saturated carbocycles. The van der Waals surface area contributed by atoms with E-state index < -0.39 is 0 Å². The number of halogens is 1. The SMILES string of the molecule is CCC(CCc1ccc(Br)cc1)NCc1nc(C)c(C)o1. The lowest BCUT2D eigenvalue weighted by Crippen LogP contribution is -2.28. The minimum atomic E-state index is 0.487. The second-order valence-corrected chi connectivity index (χ2v) is 6.32. The summed E-state index contributed by atoms with van der Waals surface area (Å²) in [6, 6.07) is 9.04. The van der Waals surface area contributed by atoms with E-state index in [9.17, 15) is 0 Å². The van der Waals surface area contributed by atoms with E-state index in [4.69, 9.17) is 4.42 Å². The highest BCUT2D eigenvalue weighted by molar-refractivity contribution is 9.10. The Hall–Kier alpha value is -1.13. The van der Waals surface area contributed by atoms with Crippen molar-refractivity contribution in [2.45, 2.75) is 52.6 Å². The summed E-state index contributed by atoms with van der Waals surface area (Å²) in [5.74, 6) is 1.70. The van der Waals surface area contributed by atoms with Gasteiger partial charge in [0.25, 0.3) is 0 Å². The van der Waals surface area contributed by atoms with E-state index in [1.54, 1.807) is 0 Å². The van der Waals surface area contributed by atoms with Crippen molar-refractivity contribution in [3.63, 3.8) is 0 Å². The summed E-state index contributed by atoms with van der Waals surface area (Å²) >= 11 is 3.47. The highest BCUT2D eigenvalue weighted by Gasteiger charge is 2.10. The van der Waals surface area contributed by atoms with E-state index in [2.05, 4.69) is 57.4 Å². The van der Waals surface area contributed by atoms with Gasteiger partial charge in [0.1, 0.15) is 5.76 Å². The van der Waals surface area contributed by atoms with Crippen LogP contribution in [0.2, 0.25) is 0 Å². The van der Waals surface area contributed by atoms with E-state index in [1.807, 2.05) is 13.8 Å². The smallest absolute Gasteiger partial charge is 0.208 e. The molecule has 0 aliphatic carbocycles. The van der Waals surface area contributed by atoms with Gasteiger partial charge in [0.2, 0.25) is 5.89 Å². The average Bonchev–Trinajstić information content (AvgIpc) is 2.80. The molecule has 1 N–H and O–H groups in total. The fourth-order valence-electron chi connectivity index (χ4n) is 2.29. The zero-order valence-electron chi connectivity index (χ0n) is 12.9. The van der Waals surface area contributed by atoms with Gasteiger partial charge in [-0.3, -0.25) is 0 Å². The van der Waals surface area contributed by atoms with E-state index in [0.29, 0.717) is 12.6 Å².